The van der Waals surface area contributed by atoms with Crippen LogP contribution in [0.2, 0.25) is 0 Å². The lowest BCUT2D eigenvalue weighted by molar-refractivity contribution is 0.161. The molecule has 1 saturated carbocycles. The lowest BCUT2D eigenvalue weighted by Crippen LogP contribution is -2.38. The fourth-order valence-electron chi connectivity index (χ4n) is 2.49. The number of benzene rings is 1. The number of rotatable bonds is 4. The molecule has 0 atom stereocenters. The summed E-state index contributed by atoms with van der Waals surface area (Å²) in [6.07, 6.45) is 5.07. The van der Waals surface area contributed by atoms with Crippen LogP contribution in [0.4, 0.5) is 5.69 Å². The second-order valence-corrected chi connectivity index (χ2v) is 5.28. The summed E-state index contributed by atoms with van der Waals surface area (Å²) < 4.78 is 0. The number of hydrogen-bond acceptors (Lipinski definition) is 3. The first-order valence-electron chi connectivity index (χ1n) is 6.67. The Labute approximate surface area is 107 Å². The Morgan fingerprint density at radius 3 is 3.00 bits per heavy atom. The molecule has 18 heavy (non-hydrogen) atoms. The number of aromatic amines is 1. The van der Waals surface area contributed by atoms with Gasteiger partial charge < -0.3 is 15.6 Å². The number of H-pyrrole nitrogens is 1. The van der Waals surface area contributed by atoms with E-state index in [9.17, 15) is 0 Å². The zero-order valence-corrected chi connectivity index (χ0v) is 10.8. The van der Waals surface area contributed by atoms with Gasteiger partial charge in [-0.2, -0.15) is 0 Å². The van der Waals surface area contributed by atoms with Crippen LogP contribution in [0.15, 0.2) is 18.2 Å². The first-order valence-corrected chi connectivity index (χ1v) is 6.67. The van der Waals surface area contributed by atoms with Crippen LogP contribution in [0.1, 0.15) is 25.1 Å². The van der Waals surface area contributed by atoms with Crippen molar-refractivity contribution in [3.63, 3.8) is 0 Å². The van der Waals surface area contributed by atoms with Gasteiger partial charge in [-0.3, -0.25) is 0 Å². The highest BCUT2D eigenvalue weighted by atomic mass is 15.1. The van der Waals surface area contributed by atoms with Crippen LogP contribution in [0, 0.1) is 0 Å². The van der Waals surface area contributed by atoms with E-state index in [1.807, 2.05) is 18.2 Å². The van der Waals surface area contributed by atoms with Gasteiger partial charge in [0.25, 0.3) is 0 Å². The minimum absolute atomic E-state index is 0.782. The quantitative estimate of drug-likeness (QED) is 0.810. The Morgan fingerprint density at radius 2 is 2.28 bits per heavy atom. The summed E-state index contributed by atoms with van der Waals surface area (Å²) >= 11 is 0. The Kier molecular flexibility index (Phi) is 2.96. The number of likely N-dealkylation sites (N-methyl/N-ethyl adjacent to an activating group) is 1. The van der Waals surface area contributed by atoms with Crippen molar-refractivity contribution in [2.45, 2.75) is 31.7 Å². The molecule has 1 aromatic heterocycles. The molecule has 3 N–H and O–H groups in total. The maximum Gasteiger partial charge on any atom is 0.108 e. The topological polar surface area (TPSA) is 57.9 Å². The zero-order valence-electron chi connectivity index (χ0n) is 10.8. The molecule has 3 rings (SSSR count). The number of fused-ring (bicyclic) bond motifs is 1. The SMILES string of the molecule is CN(CCc1nc2ccc(N)cc2[nH]1)C1CCC1. The van der Waals surface area contributed by atoms with E-state index in [0.717, 1.165) is 41.6 Å². The molecule has 1 aliphatic carbocycles. The smallest absolute Gasteiger partial charge is 0.108 e. The predicted octanol–water partition coefficient (Wildman–Crippen LogP) is 2.17. The van der Waals surface area contributed by atoms with Crippen molar-refractivity contribution in [2.24, 2.45) is 0 Å². The van der Waals surface area contributed by atoms with Gasteiger partial charge in [0.05, 0.1) is 11.0 Å². The average molecular weight is 244 g/mol. The molecule has 4 nitrogen and oxygen atoms in total. The van der Waals surface area contributed by atoms with E-state index >= 15 is 0 Å². The van der Waals surface area contributed by atoms with Crippen LogP contribution < -0.4 is 5.73 Å². The number of aromatic nitrogens is 2. The Morgan fingerprint density at radius 1 is 1.44 bits per heavy atom. The lowest BCUT2D eigenvalue weighted by atomic mass is 9.92. The highest BCUT2D eigenvalue weighted by Crippen LogP contribution is 2.23. The van der Waals surface area contributed by atoms with Gasteiger partial charge in [-0.25, -0.2) is 4.98 Å². The molecular formula is C14H20N4. The van der Waals surface area contributed by atoms with Gasteiger partial charge in [0, 0.05) is 24.7 Å². The second kappa shape index (κ2) is 4.61. The molecule has 2 aromatic rings. The molecule has 0 bridgehead atoms. The maximum absolute atomic E-state index is 5.76. The van der Waals surface area contributed by atoms with Crippen LogP contribution in [-0.4, -0.2) is 34.5 Å². The third-order valence-electron chi connectivity index (χ3n) is 3.95. The molecule has 4 heteroatoms. The van der Waals surface area contributed by atoms with Crippen LogP contribution >= 0.6 is 0 Å². The fraction of sp³-hybridized carbons (Fsp3) is 0.500. The van der Waals surface area contributed by atoms with Gasteiger partial charge in [0.2, 0.25) is 0 Å². The molecule has 0 aliphatic heterocycles. The van der Waals surface area contributed by atoms with Crippen molar-refractivity contribution in [3.8, 4) is 0 Å². The zero-order chi connectivity index (χ0) is 12.5. The Bertz CT molecular complexity index is 542. The summed E-state index contributed by atoms with van der Waals surface area (Å²) in [5.74, 6) is 1.06. The minimum Gasteiger partial charge on any atom is -0.399 e. The number of imidazole rings is 1. The highest BCUT2D eigenvalue weighted by Gasteiger charge is 2.21. The maximum atomic E-state index is 5.76. The standard InChI is InChI=1S/C14H20N4/c1-18(11-3-2-4-11)8-7-14-16-12-6-5-10(15)9-13(12)17-14/h5-6,9,11H,2-4,7-8,15H2,1H3,(H,16,17). The molecule has 1 aliphatic rings. The minimum atomic E-state index is 0.782. The summed E-state index contributed by atoms with van der Waals surface area (Å²) in [4.78, 5) is 10.4. The number of hydrogen-bond donors (Lipinski definition) is 2. The molecule has 0 amide bonds. The molecular weight excluding hydrogens is 224 g/mol. The van der Waals surface area contributed by atoms with Crippen LogP contribution in [0.3, 0.4) is 0 Å². The molecule has 96 valence electrons. The van der Waals surface area contributed by atoms with E-state index in [-0.39, 0.29) is 0 Å². The number of nitrogens with zero attached hydrogens (tertiary/aromatic N) is 2. The third kappa shape index (κ3) is 2.20. The molecule has 1 heterocycles. The number of nitrogens with one attached hydrogen (secondary N) is 1. The third-order valence-corrected chi connectivity index (χ3v) is 3.95. The van der Waals surface area contributed by atoms with E-state index in [4.69, 9.17) is 5.73 Å². The number of nitrogens with two attached hydrogens (primary N) is 1. The van der Waals surface area contributed by atoms with Crippen molar-refractivity contribution < 1.29 is 0 Å². The van der Waals surface area contributed by atoms with E-state index in [1.54, 1.807) is 0 Å². The normalized spacial score (nSPS) is 16.3. The predicted molar refractivity (Wildman–Crippen MR) is 74.5 cm³/mol. The summed E-state index contributed by atoms with van der Waals surface area (Å²) in [5, 5.41) is 0. The summed E-state index contributed by atoms with van der Waals surface area (Å²) in [6, 6.07) is 6.61. The molecule has 0 radical (unpaired) electrons. The van der Waals surface area contributed by atoms with Gasteiger partial charge in [-0.15, -0.1) is 0 Å². The molecule has 1 aromatic carbocycles. The van der Waals surface area contributed by atoms with Gasteiger partial charge in [-0.05, 0) is 38.1 Å². The number of nitrogen functional groups attached to an aromatic ring is 1. The summed E-state index contributed by atoms with van der Waals surface area (Å²) in [6.45, 7) is 1.07. The van der Waals surface area contributed by atoms with E-state index in [2.05, 4.69) is 21.9 Å². The van der Waals surface area contributed by atoms with Gasteiger partial charge in [0.15, 0.2) is 0 Å². The fourth-order valence-corrected chi connectivity index (χ4v) is 2.49. The summed E-state index contributed by atoms with van der Waals surface area (Å²) in [5.41, 5.74) is 8.59. The first kappa shape index (κ1) is 11.5. The van der Waals surface area contributed by atoms with Crippen LogP contribution in [0.25, 0.3) is 11.0 Å². The molecule has 0 unspecified atom stereocenters. The lowest BCUT2D eigenvalue weighted by Gasteiger charge is -2.34. The van der Waals surface area contributed by atoms with Crippen molar-refractivity contribution in [1.29, 1.82) is 0 Å². The Balaban J connectivity index is 1.67. The van der Waals surface area contributed by atoms with Crippen molar-refractivity contribution in [1.82, 2.24) is 14.9 Å². The van der Waals surface area contributed by atoms with Crippen molar-refractivity contribution in [3.05, 3.63) is 24.0 Å². The van der Waals surface area contributed by atoms with Crippen LogP contribution in [-0.2, 0) is 6.42 Å². The largest absolute Gasteiger partial charge is 0.399 e. The highest BCUT2D eigenvalue weighted by molar-refractivity contribution is 5.78. The van der Waals surface area contributed by atoms with Gasteiger partial charge in [-0.1, -0.05) is 6.42 Å². The summed E-state index contributed by atoms with van der Waals surface area (Å²) in [7, 11) is 2.21. The van der Waals surface area contributed by atoms with E-state index in [0.29, 0.717) is 0 Å². The van der Waals surface area contributed by atoms with Crippen LogP contribution in [0.5, 0.6) is 0 Å². The van der Waals surface area contributed by atoms with Crippen molar-refractivity contribution in [2.75, 3.05) is 19.3 Å². The Hall–Kier alpha value is -1.55. The molecule has 0 spiro atoms. The monoisotopic (exact) mass is 244 g/mol. The van der Waals surface area contributed by atoms with E-state index in [1.165, 1.54) is 19.3 Å². The van der Waals surface area contributed by atoms with Gasteiger partial charge >= 0.3 is 0 Å². The first-order chi connectivity index (χ1) is 8.72. The average Bonchev–Trinajstić information content (AvgIpc) is 2.65. The number of anilines is 1. The van der Waals surface area contributed by atoms with Crippen molar-refractivity contribution >= 4 is 16.7 Å². The molecule has 1 fully saturated rings. The van der Waals surface area contributed by atoms with Gasteiger partial charge in [0.1, 0.15) is 5.82 Å². The van der Waals surface area contributed by atoms with E-state index < -0.39 is 0 Å². The molecule has 0 saturated heterocycles. The second-order valence-electron chi connectivity index (χ2n) is 5.28.